The maximum Gasteiger partial charge on any atom is 0.307 e. The quantitative estimate of drug-likeness (QED) is 0.827. The molecule has 1 atom stereocenters. The maximum absolute atomic E-state index is 13.1. The highest BCUT2D eigenvalue weighted by atomic mass is 16.7. The summed E-state index contributed by atoms with van der Waals surface area (Å²) in [5, 5.41) is 4.41. The Labute approximate surface area is 143 Å². The van der Waals surface area contributed by atoms with Crippen LogP contribution in [0, 0.1) is 0 Å². The molecule has 0 amide bonds. The van der Waals surface area contributed by atoms with Crippen molar-refractivity contribution < 1.29 is 4.84 Å². The number of aromatic nitrogens is 1. The van der Waals surface area contributed by atoms with Crippen LogP contribution in [0.4, 0.5) is 5.69 Å². The molecule has 2 aromatic rings. The van der Waals surface area contributed by atoms with E-state index in [-0.39, 0.29) is 5.56 Å². The third-order valence-corrected chi connectivity index (χ3v) is 4.63. The number of hydrogen-bond acceptors (Lipinski definition) is 4. The summed E-state index contributed by atoms with van der Waals surface area (Å²) in [4.78, 5) is 21.1. The molecule has 0 bridgehead atoms. The Morgan fingerprint density at radius 1 is 1.29 bits per heavy atom. The van der Waals surface area contributed by atoms with Crippen LogP contribution >= 0.6 is 0 Å². The van der Waals surface area contributed by atoms with Gasteiger partial charge in [0.1, 0.15) is 12.3 Å². The molecule has 2 heterocycles. The molecule has 0 spiro atoms. The highest BCUT2D eigenvalue weighted by Gasteiger charge is 2.22. The molecular formula is C19H27N3O2. The number of hydrogen-bond donors (Lipinski definition) is 1. The molecule has 0 aliphatic carbocycles. The van der Waals surface area contributed by atoms with Crippen molar-refractivity contribution in [2.75, 3.05) is 31.1 Å². The van der Waals surface area contributed by atoms with Gasteiger partial charge in [-0.05, 0) is 25.5 Å². The van der Waals surface area contributed by atoms with E-state index in [0.717, 1.165) is 55.5 Å². The van der Waals surface area contributed by atoms with Crippen molar-refractivity contribution in [3.8, 4) is 0 Å². The predicted octanol–water partition coefficient (Wildman–Crippen LogP) is 2.42. The van der Waals surface area contributed by atoms with Crippen LogP contribution in [0.15, 0.2) is 35.1 Å². The third-order valence-electron chi connectivity index (χ3n) is 4.63. The van der Waals surface area contributed by atoms with Gasteiger partial charge in [-0.1, -0.05) is 38.0 Å². The van der Waals surface area contributed by atoms with Crippen molar-refractivity contribution in [2.24, 2.45) is 0 Å². The van der Waals surface area contributed by atoms with Crippen LogP contribution < -0.4 is 20.6 Å². The molecule has 1 saturated heterocycles. The highest BCUT2D eigenvalue weighted by Crippen LogP contribution is 2.20. The zero-order valence-corrected chi connectivity index (χ0v) is 14.6. The fraction of sp³-hybridized carbons (Fsp3) is 0.526. The number of para-hydroxylation sites is 1. The predicted molar refractivity (Wildman–Crippen MR) is 98.9 cm³/mol. The number of rotatable bonds is 6. The first-order valence-corrected chi connectivity index (χ1v) is 8.98. The largest absolute Gasteiger partial charge is 0.410 e. The van der Waals surface area contributed by atoms with E-state index in [9.17, 15) is 4.79 Å². The van der Waals surface area contributed by atoms with E-state index in [1.165, 1.54) is 4.73 Å². The molecule has 5 nitrogen and oxygen atoms in total. The Morgan fingerprint density at radius 3 is 2.92 bits per heavy atom. The first-order valence-electron chi connectivity index (χ1n) is 8.98. The summed E-state index contributed by atoms with van der Waals surface area (Å²) in [6.07, 6.45) is 3.21. The zero-order valence-electron chi connectivity index (χ0n) is 14.6. The van der Waals surface area contributed by atoms with E-state index in [2.05, 4.69) is 24.1 Å². The summed E-state index contributed by atoms with van der Waals surface area (Å²) >= 11 is 0. The zero-order chi connectivity index (χ0) is 16.9. The lowest BCUT2D eigenvalue weighted by molar-refractivity contribution is 0.109. The molecule has 0 radical (unpaired) electrons. The van der Waals surface area contributed by atoms with Gasteiger partial charge in [0.05, 0.1) is 5.52 Å². The van der Waals surface area contributed by atoms with Crippen LogP contribution in [0.2, 0.25) is 0 Å². The smallest absolute Gasteiger partial charge is 0.307 e. The summed E-state index contributed by atoms with van der Waals surface area (Å²) in [5.74, 6) is 0. The van der Waals surface area contributed by atoms with E-state index < -0.39 is 0 Å². The fourth-order valence-electron chi connectivity index (χ4n) is 3.26. The van der Waals surface area contributed by atoms with Crippen molar-refractivity contribution >= 4 is 16.6 Å². The minimum absolute atomic E-state index is 0.0565. The monoisotopic (exact) mass is 329 g/mol. The Balaban J connectivity index is 2.00. The Kier molecular flexibility index (Phi) is 5.41. The number of piperazine rings is 1. The SMILES string of the molecule is CCCCCOn1c(=O)c(N2CCNCC2C)cc2ccccc21. The Hall–Kier alpha value is -2.01. The summed E-state index contributed by atoms with van der Waals surface area (Å²) in [6.45, 7) is 7.50. The highest BCUT2D eigenvalue weighted by molar-refractivity contribution is 5.82. The van der Waals surface area contributed by atoms with Crippen LogP contribution in [0.3, 0.4) is 0 Å². The molecule has 1 fully saturated rings. The second-order valence-corrected chi connectivity index (χ2v) is 6.47. The van der Waals surface area contributed by atoms with Gasteiger partial charge in [-0.15, -0.1) is 4.73 Å². The second kappa shape index (κ2) is 7.71. The van der Waals surface area contributed by atoms with Crippen LogP contribution in [0.25, 0.3) is 10.9 Å². The normalized spacial score (nSPS) is 18.1. The number of benzene rings is 1. The van der Waals surface area contributed by atoms with Crippen molar-refractivity contribution in [1.29, 1.82) is 0 Å². The standard InChI is InChI=1S/C19H27N3O2/c1-3-4-7-12-24-22-17-9-6-5-8-16(17)13-18(19(22)23)21-11-10-20-14-15(21)2/h5-6,8-9,13,15,20H,3-4,7,10-12,14H2,1-2H3. The average molecular weight is 329 g/mol. The molecule has 1 unspecified atom stereocenters. The van der Waals surface area contributed by atoms with E-state index >= 15 is 0 Å². The van der Waals surface area contributed by atoms with E-state index in [0.29, 0.717) is 12.6 Å². The minimum atomic E-state index is -0.0565. The summed E-state index contributed by atoms with van der Waals surface area (Å²) in [6, 6.07) is 10.2. The first-order chi connectivity index (χ1) is 11.7. The molecule has 3 rings (SSSR count). The summed E-state index contributed by atoms with van der Waals surface area (Å²) in [7, 11) is 0. The second-order valence-electron chi connectivity index (χ2n) is 6.47. The van der Waals surface area contributed by atoms with Gasteiger partial charge in [0.2, 0.25) is 0 Å². The maximum atomic E-state index is 13.1. The van der Waals surface area contributed by atoms with Gasteiger partial charge in [-0.2, -0.15) is 0 Å². The van der Waals surface area contributed by atoms with Crippen molar-refractivity contribution in [1.82, 2.24) is 10.0 Å². The molecule has 24 heavy (non-hydrogen) atoms. The van der Waals surface area contributed by atoms with Crippen LogP contribution in [-0.4, -0.2) is 37.0 Å². The lowest BCUT2D eigenvalue weighted by atomic mass is 10.1. The number of nitrogens with zero attached hydrogens (tertiary/aromatic N) is 2. The van der Waals surface area contributed by atoms with Gasteiger partial charge in [0, 0.05) is 31.1 Å². The van der Waals surface area contributed by atoms with Crippen molar-refractivity contribution in [2.45, 2.75) is 39.2 Å². The number of pyridine rings is 1. The molecular weight excluding hydrogens is 302 g/mol. The summed E-state index contributed by atoms with van der Waals surface area (Å²) in [5.41, 5.74) is 1.52. The molecule has 1 aromatic heterocycles. The van der Waals surface area contributed by atoms with Crippen LogP contribution in [-0.2, 0) is 0 Å². The van der Waals surface area contributed by atoms with E-state index in [1.807, 2.05) is 30.3 Å². The number of unbranched alkanes of at least 4 members (excludes halogenated alkanes) is 2. The molecule has 1 aromatic carbocycles. The number of anilines is 1. The van der Waals surface area contributed by atoms with Gasteiger partial charge >= 0.3 is 5.56 Å². The molecule has 0 saturated carbocycles. The first kappa shape index (κ1) is 16.8. The van der Waals surface area contributed by atoms with Crippen LogP contribution in [0.1, 0.15) is 33.1 Å². The molecule has 130 valence electrons. The van der Waals surface area contributed by atoms with Crippen molar-refractivity contribution in [3.63, 3.8) is 0 Å². The third kappa shape index (κ3) is 3.41. The lowest BCUT2D eigenvalue weighted by Crippen LogP contribution is -2.52. The number of nitrogens with one attached hydrogen (secondary N) is 1. The van der Waals surface area contributed by atoms with E-state index in [1.54, 1.807) is 0 Å². The Morgan fingerprint density at radius 2 is 2.12 bits per heavy atom. The fourth-order valence-corrected chi connectivity index (χ4v) is 3.26. The minimum Gasteiger partial charge on any atom is -0.410 e. The van der Waals surface area contributed by atoms with Gasteiger partial charge in [-0.25, -0.2) is 0 Å². The molecule has 1 aliphatic rings. The molecule has 1 N–H and O–H groups in total. The molecule has 1 aliphatic heterocycles. The van der Waals surface area contributed by atoms with Gasteiger partial charge in [0.15, 0.2) is 0 Å². The van der Waals surface area contributed by atoms with Crippen LogP contribution in [0.5, 0.6) is 0 Å². The van der Waals surface area contributed by atoms with Crippen molar-refractivity contribution in [3.05, 3.63) is 40.7 Å². The Bertz CT molecular complexity index is 741. The topological polar surface area (TPSA) is 46.5 Å². The van der Waals surface area contributed by atoms with E-state index in [4.69, 9.17) is 4.84 Å². The van der Waals surface area contributed by atoms with Gasteiger partial charge in [-0.3, -0.25) is 4.79 Å². The lowest BCUT2D eigenvalue weighted by Gasteiger charge is -2.35. The average Bonchev–Trinajstić information content (AvgIpc) is 2.60. The summed E-state index contributed by atoms with van der Waals surface area (Å²) < 4.78 is 1.50. The molecule has 5 heteroatoms. The number of fused-ring (bicyclic) bond motifs is 1. The van der Waals surface area contributed by atoms with Gasteiger partial charge in [0.25, 0.3) is 0 Å². The van der Waals surface area contributed by atoms with Gasteiger partial charge < -0.3 is 15.1 Å².